The molecule has 5 nitrogen and oxygen atoms in total. The third-order valence-electron chi connectivity index (χ3n) is 5.88. The zero-order valence-electron chi connectivity index (χ0n) is 18.3. The van der Waals surface area contributed by atoms with Gasteiger partial charge in [-0.2, -0.15) is 0 Å². The number of piperidine rings is 1. The van der Waals surface area contributed by atoms with Crippen LogP contribution in [0.1, 0.15) is 35.8 Å². The number of ether oxygens (including phenoxy) is 1. The van der Waals surface area contributed by atoms with E-state index in [9.17, 15) is 9.18 Å². The molecule has 2 heterocycles. The quantitative estimate of drug-likeness (QED) is 0.476. The van der Waals surface area contributed by atoms with E-state index in [2.05, 4.69) is 4.98 Å². The molecule has 1 aromatic heterocycles. The minimum absolute atomic E-state index is 0.157. The largest absolute Gasteiger partial charge is 0.497 e. The summed E-state index contributed by atoms with van der Waals surface area (Å²) in [6, 6.07) is 14.3. The number of thioether (sulfide) groups is 1. The summed E-state index contributed by atoms with van der Waals surface area (Å²) in [6.45, 7) is 3.38. The predicted molar refractivity (Wildman–Crippen MR) is 124 cm³/mol. The summed E-state index contributed by atoms with van der Waals surface area (Å²) in [5, 5.41) is 0. The molecule has 1 fully saturated rings. The molecule has 4 rings (SSSR count). The topological polar surface area (TPSA) is 55.6 Å². The number of aryl methyl sites for hydroxylation is 1. The predicted octanol–water partition coefficient (Wildman–Crippen LogP) is 5.44. The Balaban J connectivity index is 1.25. The summed E-state index contributed by atoms with van der Waals surface area (Å²) in [5.74, 6) is 3.52. The van der Waals surface area contributed by atoms with Gasteiger partial charge in [-0.15, -0.1) is 11.8 Å². The molecular weight excluding hydrogens is 427 g/mol. The van der Waals surface area contributed by atoms with Gasteiger partial charge in [-0.3, -0.25) is 4.79 Å². The number of carbonyl (C=O) groups is 1. The van der Waals surface area contributed by atoms with Crippen LogP contribution >= 0.6 is 11.8 Å². The van der Waals surface area contributed by atoms with E-state index in [1.54, 1.807) is 18.9 Å². The highest BCUT2D eigenvalue weighted by atomic mass is 32.2. The smallest absolute Gasteiger partial charge is 0.232 e. The van der Waals surface area contributed by atoms with Gasteiger partial charge < -0.3 is 14.1 Å². The van der Waals surface area contributed by atoms with Gasteiger partial charge in [0.05, 0.1) is 18.6 Å². The molecule has 168 valence electrons. The SMILES string of the molecule is COc1ccc(-c2nc(CSCC(=O)N3CCC(c4ccc(F)cc4)CC3)c(C)o2)cc1. The van der Waals surface area contributed by atoms with E-state index in [4.69, 9.17) is 9.15 Å². The minimum Gasteiger partial charge on any atom is -0.497 e. The van der Waals surface area contributed by atoms with Crippen molar-refractivity contribution in [3.05, 3.63) is 71.4 Å². The van der Waals surface area contributed by atoms with Crippen LogP contribution in [0.15, 0.2) is 52.9 Å². The number of halogens is 1. The monoisotopic (exact) mass is 454 g/mol. The van der Waals surface area contributed by atoms with Crippen LogP contribution in [0.4, 0.5) is 4.39 Å². The highest BCUT2D eigenvalue weighted by molar-refractivity contribution is 7.99. The number of methoxy groups -OCH3 is 1. The zero-order valence-corrected chi connectivity index (χ0v) is 19.2. The molecule has 0 unspecified atom stereocenters. The molecule has 3 aromatic rings. The van der Waals surface area contributed by atoms with Gasteiger partial charge in [0.1, 0.15) is 17.3 Å². The molecule has 1 amide bonds. The van der Waals surface area contributed by atoms with Crippen LogP contribution in [-0.4, -0.2) is 41.7 Å². The number of likely N-dealkylation sites (tertiary alicyclic amines) is 1. The molecule has 1 aliphatic heterocycles. The van der Waals surface area contributed by atoms with Gasteiger partial charge in [0.2, 0.25) is 11.8 Å². The fourth-order valence-corrected chi connectivity index (χ4v) is 4.86. The van der Waals surface area contributed by atoms with Crippen LogP contribution in [-0.2, 0) is 10.5 Å². The lowest BCUT2D eigenvalue weighted by Crippen LogP contribution is -2.38. The molecule has 0 spiro atoms. The second-order valence-electron chi connectivity index (χ2n) is 7.95. The Hall–Kier alpha value is -2.80. The summed E-state index contributed by atoms with van der Waals surface area (Å²) in [4.78, 5) is 19.2. The number of benzene rings is 2. The highest BCUT2D eigenvalue weighted by Crippen LogP contribution is 2.29. The van der Waals surface area contributed by atoms with Crippen LogP contribution in [0.3, 0.4) is 0 Å². The van der Waals surface area contributed by atoms with Gasteiger partial charge in [0.15, 0.2) is 0 Å². The lowest BCUT2D eigenvalue weighted by atomic mass is 9.89. The summed E-state index contributed by atoms with van der Waals surface area (Å²) >= 11 is 1.56. The molecule has 0 bridgehead atoms. The number of rotatable bonds is 7. The first-order valence-electron chi connectivity index (χ1n) is 10.7. The van der Waals surface area contributed by atoms with Gasteiger partial charge in [-0.05, 0) is 67.6 Å². The maximum atomic E-state index is 13.1. The molecule has 32 heavy (non-hydrogen) atoms. The van der Waals surface area contributed by atoms with E-state index in [0.29, 0.717) is 23.3 Å². The van der Waals surface area contributed by atoms with Crippen molar-refractivity contribution in [3.63, 3.8) is 0 Å². The van der Waals surface area contributed by atoms with E-state index in [1.165, 1.54) is 12.1 Å². The Labute approximate surface area is 192 Å². The minimum atomic E-state index is -0.211. The molecule has 0 saturated carbocycles. The fourth-order valence-electron chi connectivity index (χ4n) is 3.94. The average molecular weight is 455 g/mol. The van der Waals surface area contributed by atoms with Crippen LogP contribution < -0.4 is 4.74 Å². The Kier molecular flexibility index (Phi) is 7.15. The Morgan fingerprint density at radius 1 is 1.16 bits per heavy atom. The van der Waals surface area contributed by atoms with Crippen molar-refractivity contribution in [2.24, 2.45) is 0 Å². The second kappa shape index (κ2) is 10.2. The summed E-state index contributed by atoms with van der Waals surface area (Å²) < 4.78 is 24.1. The molecule has 1 aliphatic rings. The van der Waals surface area contributed by atoms with Gasteiger partial charge in [-0.1, -0.05) is 12.1 Å². The third kappa shape index (κ3) is 5.33. The molecule has 0 atom stereocenters. The van der Waals surface area contributed by atoms with Gasteiger partial charge in [0, 0.05) is 24.4 Å². The number of aromatic nitrogens is 1. The van der Waals surface area contributed by atoms with Crippen molar-refractivity contribution in [3.8, 4) is 17.2 Å². The van der Waals surface area contributed by atoms with Crippen molar-refractivity contribution >= 4 is 17.7 Å². The van der Waals surface area contributed by atoms with Crippen molar-refractivity contribution in [1.82, 2.24) is 9.88 Å². The number of amides is 1. The molecule has 7 heteroatoms. The van der Waals surface area contributed by atoms with Crippen LogP contribution in [0.25, 0.3) is 11.5 Å². The number of hydrogen-bond donors (Lipinski definition) is 0. The van der Waals surface area contributed by atoms with Gasteiger partial charge in [0.25, 0.3) is 0 Å². The lowest BCUT2D eigenvalue weighted by molar-refractivity contribution is -0.129. The third-order valence-corrected chi connectivity index (χ3v) is 6.81. The first kappa shape index (κ1) is 22.4. The Morgan fingerprint density at radius 2 is 1.84 bits per heavy atom. The van der Waals surface area contributed by atoms with Gasteiger partial charge in [-0.25, -0.2) is 9.37 Å². The highest BCUT2D eigenvalue weighted by Gasteiger charge is 2.24. The maximum Gasteiger partial charge on any atom is 0.232 e. The fraction of sp³-hybridized carbons (Fsp3) is 0.360. The van der Waals surface area contributed by atoms with E-state index >= 15 is 0 Å². The van der Waals surface area contributed by atoms with E-state index in [0.717, 1.165) is 54.3 Å². The van der Waals surface area contributed by atoms with Crippen LogP contribution in [0.5, 0.6) is 5.75 Å². The number of carbonyl (C=O) groups excluding carboxylic acids is 1. The Bertz CT molecular complexity index is 1040. The number of nitrogens with zero attached hydrogens (tertiary/aromatic N) is 2. The van der Waals surface area contributed by atoms with Gasteiger partial charge >= 0.3 is 0 Å². The van der Waals surface area contributed by atoms with Crippen molar-refractivity contribution < 1.29 is 18.3 Å². The molecule has 1 saturated heterocycles. The standard InChI is InChI=1S/C25H27FN2O3S/c1-17-23(27-25(31-17)20-5-9-22(30-2)10-6-20)15-32-16-24(29)28-13-11-19(12-14-28)18-3-7-21(26)8-4-18/h3-10,19H,11-16H2,1-2H3. The summed E-state index contributed by atoms with van der Waals surface area (Å²) in [5.41, 5.74) is 2.91. The van der Waals surface area contributed by atoms with E-state index < -0.39 is 0 Å². The maximum absolute atomic E-state index is 13.1. The second-order valence-corrected chi connectivity index (χ2v) is 8.94. The molecule has 0 radical (unpaired) electrons. The first-order valence-corrected chi connectivity index (χ1v) is 11.9. The molecule has 2 aromatic carbocycles. The van der Waals surface area contributed by atoms with Crippen LogP contribution in [0, 0.1) is 12.7 Å². The lowest BCUT2D eigenvalue weighted by Gasteiger charge is -2.32. The normalized spacial score (nSPS) is 14.5. The summed E-state index contributed by atoms with van der Waals surface area (Å²) in [7, 11) is 1.63. The Morgan fingerprint density at radius 3 is 2.50 bits per heavy atom. The molecule has 0 aliphatic carbocycles. The van der Waals surface area contributed by atoms with Crippen molar-refractivity contribution in [2.75, 3.05) is 26.0 Å². The molecular formula is C25H27FN2O3S. The van der Waals surface area contributed by atoms with Crippen LogP contribution in [0.2, 0.25) is 0 Å². The zero-order chi connectivity index (χ0) is 22.5. The average Bonchev–Trinajstić information content (AvgIpc) is 3.20. The van der Waals surface area contributed by atoms with E-state index in [-0.39, 0.29) is 11.7 Å². The van der Waals surface area contributed by atoms with Crippen molar-refractivity contribution in [1.29, 1.82) is 0 Å². The number of hydrogen-bond acceptors (Lipinski definition) is 5. The molecule has 0 N–H and O–H groups in total. The summed E-state index contributed by atoms with van der Waals surface area (Å²) in [6.07, 6.45) is 1.82. The first-order chi connectivity index (χ1) is 15.5. The number of oxazole rings is 1. The van der Waals surface area contributed by atoms with Crippen molar-refractivity contribution in [2.45, 2.75) is 31.4 Å². The van der Waals surface area contributed by atoms with E-state index in [1.807, 2.05) is 48.2 Å².